The van der Waals surface area contributed by atoms with Gasteiger partial charge >= 0.3 is 6.03 Å². The van der Waals surface area contributed by atoms with E-state index in [1.165, 1.54) is 11.6 Å². The lowest BCUT2D eigenvalue weighted by atomic mass is 10.2. The highest BCUT2D eigenvalue weighted by Crippen LogP contribution is 2.28. The molecule has 3 heterocycles. The van der Waals surface area contributed by atoms with Crippen molar-refractivity contribution in [2.24, 2.45) is 0 Å². The van der Waals surface area contributed by atoms with Crippen LogP contribution in [0.25, 0.3) is 0 Å². The number of rotatable bonds is 2. The first-order valence-electron chi connectivity index (χ1n) is 8.33. The Morgan fingerprint density at radius 3 is 2.88 bits per heavy atom. The average Bonchev–Trinajstić information content (AvgIpc) is 3.22. The van der Waals surface area contributed by atoms with E-state index in [9.17, 15) is 14.4 Å². The fourth-order valence-electron chi connectivity index (χ4n) is 3.32. The summed E-state index contributed by atoms with van der Waals surface area (Å²) in [6.07, 6.45) is 0.796. The maximum Gasteiger partial charge on any atom is 0.327 e. The molecule has 26 heavy (non-hydrogen) atoms. The van der Waals surface area contributed by atoms with Gasteiger partial charge in [0.25, 0.3) is 5.91 Å². The highest BCUT2D eigenvalue weighted by Gasteiger charge is 2.30. The molecule has 4 rings (SSSR count). The lowest BCUT2D eigenvalue weighted by Crippen LogP contribution is -2.37. The van der Waals surface area contributed by atoms with Gasteiger partial charge in [0.05, 0.1) is 12.2 Å². The molecule has 9 nitrogen and oxygen atoms in total. The molecule has 0 saturated heterocycles. The molecule has 134 valence electrons. The van der Waals surface area contributed by atoms with Crippen molar-refractivity contribution < 1.29 is 14.4 Å². The molecular formula is C17H18N6O3. The number of hydrogen-bond acceptors (Lipinski definition) is 4. The first-order chi connectivity index (χ1) is 12.6. The lowest BCUT2D eigenvalue weighted by molar-refractivity contribution is -0.122. The smallest absolute Gasteiger partial charge is 0.327 e. The molecule has 1 aromatic heterocycles. The molecule has 0 fully saturated rings. The summed E-state index contributed by atoms with van der Waals surface area (Å²) in [6, 6.07) is 7.43. The normalized spacial score (nSPS) is 15.1. The number of carbonyl (C=O) groups is 3. The van der Waals surface area contributed by atoms with Crippen molar-refractivity contribution in [3.8, 4) is 0 Å². The van der Waals surface area contributed by atoms with Gasteiger partial charge in [-0.2, -0.15) is 0 Å². The Balaban J connectivity index is 1.64. The molecule has 0 bridgehead atoms. The van der Waals surface area contributed by atoms with Crippen LogP contribution in [0.1, 0.15) is 21.9 Å². The third-order valence-electron chi connectivity index (χ3n) is 4.62. The monoisotopic (exact) mass is 354 g/mol. The first-order valence-corrected chi connectivity index (χ1v) is 8.33. The Bertz CT molecular complexity index is 919. The van der Waals surface area contributed by atoms with E-state index in [4.69, 9.17) is 0 Å². The maximum atomic E-state index is 12.8. The van der Waals surface area contributed by atoms with Gasteiger partial charge in [0, 0.05) is 19.3 Å². The summed E-state index contributed by atoms with van der Waals surface area (Å²) in [4.78, 5) is 42.4. The molecule has 0 radical (unpaired) electrons. The van der Waals surface area contributed by atoms with E-state index in [-0.39, 0.29) is 36.7 Å². The van der Waals surface area contributed by atoms with Gasteiger partial charge in [0.2, 0.25) is 11.7 Å². The second kappa shape index (κ2) is 6.17. The SMILES string of the molecule is CNC(=O)c1nc(NC(=O)N2CCc3ccccc32)c2n1CC(=O)NC2. The number of aromatic nitrogens is 2. The minimum atomic E-state index is -0.409. The molecule has 0 spiro atoms. The number of amides is 4. The number of benzene rings is 1. The summed E-state index contributed by atoms with van der Waals surface area (Å²) in [7, 11) is 1.49. The van der Waals surface area contributed by atoms with E-state index >= 15 is 0 Å². The zero-order valence-corrected chi connectivity index (χ0v) is 14.2. The number of imidazole rings is 1. The Morgan fingerprint density at radius 2 is 2.08 bits per heavy atom. The lowest BCUT2D eigenvalue weighted by Gasteiger charge is -2.20. The van der Waals surface area contributed by atoms with Crippen molar-refractivity contribution in [1.82, 2.24) is 20.2 Å². The summed E-state index contributed by atoms with van der Waals surface area (Å²) >= 11 is 0. The van der Waals surface area contributed by atoms with Crippen molar-refractivity contribution >= 4 is 29.4 Å². The van der Waals surface area contributed by atoms with E-state index in [1.807, 2.05) is 24.3 Å². The number of anilines is 2. The number of nitrogens with one attached hydrogen (secondary N) is 3. The molecule has 0 atom stereocenters. The van der Waals surface area contributed by atoms with Crippen molar-refractivity contribution in [3.63, 3.8) is 0 Å². The Labute approximate surface area is 149 Å². The quantitative estimate of drug-likeness (QED) is 0.728. The molecule has 1 aromatic carbocycles. The zero-order valence-electron chi connectivity index (χ0n) is 14.2. The largest absolute Gasteiger partial charge is 0.352 e. The van der Waals surface area contributed by atoms with Crippen LogP contribution in [0.3, 0.4) is 0 Å². The molecule has 2 aliphatic heterocycles. The van der Waals surface area contributed by atoms with Crippen LogP contribution < -0.4 is 20.9 Å². The number of nitrogens with zero attached hydrogens (tertiary/aromatic N) is 3. The second-order valence-corrected chi connectivity index (χ2v) is 6.13. The Kier molecular flexibility index (Phi) is 3.83. The Hall–Kier alpha value is -3.36. The van der Waals surface area contributed by atoms with Crippen LogP contribution >= 0.6 is 0 Å². The standard InChI is InChI=1S/C17H18N6O3/c1-18-16(25)15-20-14(12-8-19-13(24)9-23(12)15)21-17(26)22-7-6-10-4-2-3-5-11(10)22/h2-5H,6-9H2,1H3,(H,18,25)(H,19,24)(H,21,26). The van der Waals surface area contributed by atoms with Gasteiger partial charge in [0.1, 0.15) is 6.54 Å². The minimum Gasteiger partial charge on any atom is -0.352 e. The molecule has 3 N–H and O–H groups in total. The van der Waals surface area contributed by atoms with Gasteiger partial charge in [-0.1, -0.05) is 18.2 Å². The van der Waals surface area contributed by atoms with Gasteiger partial charge in [-0.25, -0.2) is 9.78 Å². The summed E-state index contributed by atoms with van der Waals surface area (Å²) in [5.41, 5.74) is 2.59. The van der Waals surface area contributed by atoms with Crippen LogP contribution in [0.2, 0.25) is 0 Å². The molecule has 9 heteroatoms. The van der Waals surface area contributed by atoms with Crippen LogP contribution in [-0.4, -0.2) is 41.0 Å². The molecular weight excluding hydrogens is 336 g/mol. The predicted molar refractivity (Wildman–Crippen MR) is 94.0 cm³/mol. The van der Waals surface area contributed by atoms with E-state index in [0.29, 0.717) is 12.2 Å². The van der Waals surface area contributed by atoms with Crippen molar-refractivity contribution in [3.05, 3.63) is 41.3 Å². The van der Waals surface area contributed by atoms with Crippen molar-refractivity contribution in [1.29, 1.82) is 0 Å². The number of fused-ring (bicyclic) bond motifs is 2. The van der Waals surface area contributed by atoms with E-state index < -0.39 is 5.91 Å². The van der Waals surface area contributed by atoms with Gasteiger partial charge < -0.3 is 15.2 Å². The highest BCUT2D eigenvalue weighted by molar-refractivity contribution is 6.03. The molecule has 0 unspecified atom stereocenters. The first kappa shape index (κ1) is 16.1. The van der Waals surface area contributed by atoms with Gasteiger partial charge in [-0.15, -0.1) is 0 Å². The van der Waals surface area contributed by atoms with E-state index in [2.05, 4.69) is 20.9 Å². The highest BCUT2D eigenvalue weighted by atomic mass is 16.2. The molecule has 4 amide bonds. The fraction of sp³-hybridized carbons (Fsp3) is 0.294. The average molecular weight is 354 g/mol. The number of carbonyl (C=O) groups excluding carboxylic acids is 3. The van der Waals surface area contributed by atoms with Crippen LogP contribution in [0.4, 0.5) is 16.3 Å². The number of para-hydroxylation sites is 1. The summed E-state index contributed by atoms with van der Waals surface area (Å²) < 4.78 is 1.53. The molecule has 2 aliphatic rings. The minimum absolute atomic E-state index is 0.00644. The third kappa shape index (κ3) is 2.57. The summed E-state index contributed by atoms with van der Waals surface area (Å²) in [5.74, 6) is -0.216. The van der Waals surface area contributed by atoms with Crippen LogP contribution in [0.15, 0.2) is 24.3 Å². The van der Waals surface area contributed by atoms with Gasteiger partial charge in [-0.05, 0) is 18.1 Å². The van der Waals surface area contributed by atoms with Crippen molar-refractivity contribution in [2.45, 2.75) is 19.5 Å². The fourth-order valence-corrected chi connectivity index (χ4v) is 3.32. The number of urea groups is 1. The molecule has 0 saturated carbocycles. The van der Waals surface area contributed by atoms with Gasteiger partial charge in [-0.3, -0.25) is 19.8 Å². The number of hydrogen-bond donors (Lipinski definition) is 3. The van der Waals surface area contributed by atoms with Crippen LogP contribution in [0.5, 0.6) is 0 Å². The van der Waals surface area contributed by atoms with Crippen LogP contribution in [0, 0.1) is 0 Å². The summed E-state index contributed by atoms with van der Waals surface area (Å²) in [6.45, 7) is 0.781. The Morgan fingerprint density at radius 1 is 1.27 bits per heavy atom. The van der Waals surface area contributed by atoms with Gasteiger partial charge in [0.15, 0.2) is 5.82 Å². The van der Waals surface area contributed by atoms with E-state index in [1.54, 1.807) is 4.90 Å². The molecule has 0 aliphatic carbocycles. The van der Waals surface area contributed by atoms with E-state index in [0.717, 1.165) is 17.7 Å². The van der Waals surface area contributed by atoms with Crippen LogP contribution in [-0.2, 0) is 24.3 Å². The maximum absolute atomic E-state index is 12.8. The predicted octanol–water partition coefficient (Wildman–Crippen LogP) is 0.467. The van der Waals surface area contributed by atoms with Crippen molar-refractivity contribution in [2.75, 3.05) is 23.8 Å². The topological polar surface area (TPSA) is 108 Å². The second-order valence-electron chi connectivity index (χ2n) is 6.13. The third-order valence-corrected chi connectivity index (χ3v) is 4.62. The summed E-state index contributed by atoms with van der Waals surface area (Å²) in [5, 5.41) is 8.01. The zero-order chi connectivity index (χ0) is 18.3. The molecule has 2 aromatic rings.